The molecular formula is C21H21FN2O2S. The molecule has 1 atom stereocenters. The highest BCUT2D eigenvalue weighted by molar-refractivity contribution is 7.83. The number of amides is 1. The highest BCUT2D eigenvalue weighted by atomic mass is 32.2. The predicted octanol–water partition coefficient (Wildman–Crippen LogP) is 4.36. The van der Waals surface area contributed by atoms with Gasteiger partial charge in [0.15, 0.2) is 0 Å². The average molecular weight is 384 g/mol. The number of nitrogens with zero attached hydrogens (tertiary/aromatic N) is 1. The number of hydrogen-bond acceptors (Lipinski definition) is 2. The Kier molecular flexibility index (Phi) is 5.56. The van der Waals surface area contributed by atoms with Crippen molar-refractivity contribution < 1.29 is 13.4 Å². The van der Waals surface area contributed by atoms with Crippen LogP contribution >= 0.6 is 0 Å². The molecule has 3 aromatic rings. The number of anilines is 1. The van der Waals surface area contributed by atoms with Crippen LogP contribution in [-0.4, -0.2) is 20.9 Å². The minimum Gasteiger partial charge on any atom is -0.322 e. The highest BCUT2D eigenvalue weighted by Crippen LogP contribution is 2.23. The number of nitrogens with one attached hydrogen (secondary N) is 1. The summed E-state index contributed by atoms with van der Waals surface area (Å²) in [6.45, 7) is 3.72. The zero-order chi connectivity index (χ0) is 19.6. The summed E-state index contributed by atoms with van der Waals surface area (Å²) in [5.41, 5.74) is 4.34. The Hall–Kier alpha value is -2.73. The first-order valence-corrected chi connectivity index (χ1v) is 10.2. The molecule has 0 unspecified atom stereocenters. The molecule has 0 aliphatic heterocycles. The van der Waals surface area contributed by atoms with Gasteiger partial charge in [0.25, 0.3) is 5.91 Å². The standard InChI is InChI=1S/C21H21FN2O2S/c1-14-10-20(15(2)24(14)19-9-5-7-17(22)12-19)21(25)23-18-8-4-6-16(11-18)13-27(3)26/h4-12H,13H2,1-3H3,(H,23,25)/t27-/m0/s1. The van der Waals surface area contributed by atoms with E-state index in [0.717, 1.165) is 17.0 Å². The lowest BCUT2D eigenvalue weighted by Gasteiger charge is -2.10. The lowest BCUT2D eigenvalue weighted by molar-refractivity contribution is 0.102. The smallest absolute Gasteiger partial charge is 0.257 e. The number of aromatic nitrogens is 1. The van der Waals surface area contributed by atoms with Crippen molar-refractivity contribution in [3.63, 3.8) is 0 Å². The summed E-state index contributed by atoms with van der Waals surface area (Å²) in [6.07, 6.45) is 1.65. The summed E-state index contributed by atoms with van der Waals surface area (Å²) in [6, 6.07) is 15.4. The van der Waals surface area contributed by atoms with Gasteiger partial charge in [-0.15, -0.1) is 0 Å². The Morgan fingerprint density at radius 3 is 2.56 bits per heavy atom. The largest absolute Gasteiger partial charge is 0.322 e. The minimum atomic E-state index is -0.947. The van der Waals surface area contributed by atoms with Crippen molar-refractivity contribution >= 4 is 22.4 Å². The Balaban J connectivity index is 1.88. The van der Waals surface area contributed by atoms with E-state index in [2.05, 4.69) is 5.32 Å². The fourth-order valence-electron chi connectivity index (χ4n) is 3.18. The van der Waals surface area contributed by atoms with E-state index >= 15 is 0 Å². The number of halogens is 1. The molecule has 1 aromatic heterocycles. The summed E-state index contributed by atoms with van der Waals surface area (Å²) in [5, 5.41) is 2.89. The van der Waals surface area contributed by atoms with Gasteiger partial charge in [-0.05, 0) is 55.8 Å². The second kappa shape index (κ2) is 7.88. The van der Waals surface area contributed by atoms with Crippen LogP contribution in [0, 0.1) is 19.7 Å². The van der Waals surface area contributed by atoms with Gasteiger partial charge in [-0.1, -0.05) is 18.2 Å². The SMILES string of the molecule is Cc1cc(C(=O)Nc2cccc(C[S@](C)=O)c2)c(C)n1-c1cccc(F)c1. The van der Waals surface area contributed by atoms with Crippen LogP contribution in [0.25, 0.3) is 5.69 Å². The monoisotopic (exact) mass is 384 g/mol. The highest BCUT2D eigenvalue weighted by Gasteiger charge is 2.17. The van der Waals surface area contributed by atoms with E-state index in [4.69, 9.17) is 0 Å². The van der Waals surface area contributed by atoms with Gasteiger partial charge in [-0.3, -0.25) is 9.00 Å². The van der Waals surface area contributed by atoms with Gasteiger partial charge in [0.1, 0.15) is 5.82 Å². The normalized spacial score (nSPS) is 12.0. The van der Waals surface area contributed by atoms with E-state index in [1.54, 1.807) is 30.5 Å². The van der Waals surface area contributed by atoms with Crippen molar-refractivity contribution in [2.24, 2.45) is 0 Å². The second-order valence-corrected chi connectivity index (χ2v) is 7.91. The third-order valence-corrected chi connectivity index (χ3v) is 5.04. The number of hydrogen-bond donors (Lipinski definition) is 1. The van der Waals surface area contributed by atoms with E-state index in [0.29, 0.717) is 22.7 Å². The third kappa shape index (κ3) is 4.34. The van der Waals surface area contributed by atoms with Crippen LogP contribution in [0.2, 0.25) is 0 Å². The molecule has 2 aromatic carbocycles. The Morgan fingerprint density at radius 2 is 1.85 bits per heavy atom. The van der Waals surface area contributed by atoms with Crippen LogP contribution in [-0.2, 0) is 16.6 Å². The van der Waals surface area contributed by atoms with Gasteiger partial charge in [0.05, 0.1) is 5.56 Å². The summed E-state index contributed by atoms with van der Waals surface area (Å²) < 4.78 is 26.8. The van der Waals surface area contributed by atoms with Gasteiger partial charge < -0.3 is 9.88 Å². The first-order valence-electron chi connectivity index (χ1n) is 8.50. The predicted molar refractivity (Wildman–Crippen MR) is 107 cm³/mol. The average Bonchev–Trinajstić information content (AvgIpc) is 2.89. The maximum absolute atomic E-state index is 13.6. The quantitative estimate of drug-likeness (QED) is 0.710. The molecule has 1 N–H and O–H groups in total. The van der Waals surface area contributed by atoms with E-state index in [1.807, 2.05) is 36.6 Å². The molecule has 3 rings (SSSR count). The van der Waals surface area contributed by atoms with Gasteiger partial charge in [0, 0.05) is 45.6 Å². The molecule has 0 aliphatic carbocycles. The zero-order valence-corrected chi connectivity index (χ0v) is 16.3. The molecule has 0 aliphatic rings. The van der Waals surface area contributed by atoms with Gasteiger partial charge >= 0.3 is 0 Å². The van der Waals surface area contributed by atoms with Crippen molar-refractivity contribution in [3.8, 4) is 5.69 Å². The number of rotatable bonds is 5. The van der Waals surface area contributed by atoms with Gasteiger partial charge in [-0.2, -0.15) is 0 Å². The maximum Gasteiger partial charge on any atom is 0.257 e. The molecule has 0 bridgehead atoms. The Morgan fingerprint density at radius 1 is 1.11 bits per heavy atom. The van der Waals surface area contributed by atoms with E-state index in [-0.39, 0.29) is 11.7 Å². The Labute approximate surface area is 160 Å². The van der Waals surface area contributed by atoms with Crippen molar-refractivity contribution in [2.75, 3.05) is 11.6 Å². The van der Waals surface area contributed by atoms with Crippen molar-refractivity contribution in [3.05, 3.63) is 82.9 Å². The van der Waals surface area contributed by atoms with Crippen molar-refractivity contribution in [2.45, 2.75) is 19.6 Å². The third-order valence-electron chi connectivity index (χ3n) is 4.30. The molecule has 0 spiro atoms. The lowest BCUT2D eigenvalue weighted by atomic mass is 10.2. The van der Waals surface area contributed by atoms with E-state index in [9.17, 15) is 13.4 Å². The number of carbonyl (C=O) groups excluding carboxylic acids is 1. The molecule has 6 heteroatoms. The van der Waals surface area contributed by atoms with E-state index in [1.165, 1.54) is 12.1 Å². The molecule has 0 fully saturated rings. The van der Waals surface area contributed by atoms with Gasteiger partial charge in [-0.25, -0.2) is 4.39 Å². The van der Waals surface area contributed by atoms with Crippen LogP contribution in [0.1, 0.15) is 27.3 Å². The second-order valence-electron chi connectivity index (χ2n) is 6.47. The molecule has 0 saturated heterocycles. The first-order chi connectivity index (χ1) is 12.8. The molecule has 27 heavy (non-hydrogen) atoms. The van der Waals surface area contributed by atoms with Crippen LogP contribution in [0.3, 0.4) is 0 Å². The maximum atomic E-state index is 13.6. The lowest BCUT2D eigenvalue weighted by Crippen LogP contribution is -2.13. The summed E-state index contributed by atoms with van der Waals surface area (Å²) in [4.78, 5) is 12.8. The van der Waals surface area contributed by atoms with Crippen molar-refractivity contribution in [1.82, 2.24) is 4.57 Å². The summed E-state index contributed by atoms with van der Waals surface area (Å²) in [5.74, 6) is -0.116. The van der Waals surface area contributed by atoms with Crippen LogP contribution in [0.15, 0.2) is 54.6 Å². The number of aryl methyl sites for hydroxylation is 1. The van der Waals surface area contributed by atoms with E-state index < -0.39 is 10.8 Å². The van der Waals surface area contributed by atoms with Gasteiger partial charge in [0.2, 0.25) is 0 Å². The summed E-state index contributed by atoms with van der Waals surface area (Å²) in [7, 11) is -0.947. The summed E-state index contributed by atoms with van der Waals surface area (Å²) >= 11 is 0. The van der Waals surface area contributed by atoms with Crippen LogP contribution in [0.5, 0.6) is 0 Å². The molecule has 140 valence electrons. The Bertz CT molecular complexity index is 1030. The van der Waals surface area contributed by atoms with Crippen LogP contribution in [0.4, 0.5) is 10.1 Å². The molecule has 4 nitrogen and oxygen atoms in total. The molecule has 0 radical (unpaired) electrons. The number of benzene rings is 2. The minimum absolute atomic E-state index is 0.236. The van der Waals surface area contributed by atoms with Crippen molar-refractivity contribution in [1.29, 1.82) is 0 Å². The molecular weight excluding hydrogens is 363 g/mol. The first kappa shape index (κ1) is 19.0. The number of carbonyl (C=O) groups is 1. The van der Waals surface area contributed by atoms with Crippen LogP contribution < -0.4 is 5.32 Å². The zero-order valence-electron chi connectivity index (χ0n) is 15.5. The molecule has 1 heterocycles. The molecule has 1 amide bonds. The molecule has 0 saturated carbocycles. The fraction of sp³-hybridized carbons (Fsp3) is 0.190. The topological polar surface area (TPSA) is 51.1 Å². The fourth-order valence-corrected chi connectivity index (χ4v) is 3.83.